The van der Waals surface area contributed by atoms with Crippen LogP contribution in [0.3, 0.4) is 0 Å². The normalized spacial score (nSPS) is 10.0. The lowest BCUT2D eigenvalue weighted by atomic mass is 10.1. The standard InChI is InChI=1S/C10H10BrFO2/c1-6-3-8(12)4-10(11)9(6)5-14-7(2)13/h3-4H,5H2,1-2H3. The number of rotatable bonds is 2. The Morgan fingerprint density at radius 3 is 2.71 bits per heavy atom. The van der Waals surface area contributed by atoms with E-state index in [2.05, 4.69) is 15.9 Å². The molecule has 2 nitrogen and oxygen atoms in total. The third-order valence-electron chi connectivity index (χ3n) is 1.80. The zero-order chi connectivity index (χ0) is 10.7. The Hall–Kier alpha value is -0.900. The highest BCUT2D eigenvalue weighted by Crippen LogP contribution is 2.22. The van der Waals surface area contributed by atoms with Gasteiger partial charge >= 0.3 is 5.97 Å². The summed E-state index contributed by atoms with van der Waals surface area (Å²) in [6.45, 7) is 3.28. The van der Waals surface area contributed by atoms with Crippen molar-refractivity contribution in [1.29, 1.82) is 0 Å². The number of carbonyl (C=O) groups excluding carboxylic acids is 1. The molecule has 0 saturated heterocycles. The summed E-state index contributed by atoms with van der Waals surface area (Å²) in [6.07, 6.45) is 0. The molecule has 1 rings (SSSR count). The molecule has 0 radical (unpaired) electrons. The van der Waals surface area contributed by atoms with Crippen LogP contribution in [0.1, 0.15) is 18.1 Å². The van der Waals surface area contributed by atoms with Gasteiger partial charge in [-0.15, -0.1) is 0 Å². The van der Waals surface area contributed by atoms with E-state index in [1.54, 1.807) is 6.92 Å². The Bertz CT molecular complexity index is 340. The number of halogens is 2. The lowest BCUT2D eigenvalue weighted by Crippen LogP contribution is -2.01. The summed E-state index contributed by atoms with van der Waals surface area (Å²) in [6, 6.07) is 2.76. The summed E-state index contributed by atoms with van der Waals surface area (Å²) in [5.41, 5.74) is 1.56. The largest absolute Gasteiger partial charge is 0.461 e. The van der Waals surface area contributed by atoms with Crippen molar-refractivity contribution in [2.45, 2.75) is 20.5 Å². The molecule has 0 spiro atoms. The molecule has 76 valence electrons. The SMILES string of the molecule is CC(=O)OCc1c(C)cc(F)cc1Br. The Morgan fingerprint density at radius 2 is 2.21 bits per heavy atom. The zero-order valence-corrected chi connectivity index (χ0v) is 9.52. The van der Waals surface area contributed by atoms with Crippen LogP contribution in [0.5, 0.6) is 0 Å². The summed E-state index contributed by atoms with van der Waals surface area (Å²) < 4.78 is 18.3. The number of hydrogen-bond acceptors (Lipinski definition) is 2. The van der Waals surface area contributed by atoms with Crippen molar-refractivity contribution >= 4 is 21.9 Å². The Morgan fingerprint density at radius 1 is 1.57 bits per heavy atom. The van der Waals surface area contributed by atoms with E-state index in [9.17, 15) is 9.18 Å². The monoisotopic (exact) mass is 260 g/mol. The summed E-state index contributed by atoms with van der Waals surface area (Å²) in [5.74, 6) is -0.651. The highest BCUT2D eigenvalue weighted by molar-refractivity contribution is 9.10. The molecular weight excluding hydrogens is 251 g/mol. The molecule has 0 bridgehead atoms. The van der Waals surface area contributed by atoms with Gasteiger partial charge in [-0.2, -0.15) is 0 Å². The lowest BCUT2D eigenvalue weighted by Gasteiger charge is -2.08. The fraction of sp³-hybridized carbons (Fsp3) is 0.300. The number of benzene rings is 1. The Kier molecular flexibility index (Phi) is 3.63. The third kappa shape index (κ3) is 2.80. The smallest absolute Gasteiger partial charge is 0.302 e. The number of ether oxygens (including phenoxy) is 1. The molecule has 0 atom stereocenters. The molecule has 0 heterocycles. The van der Waals surface area contributed by atoms with Crippen LogP contribution in [-0.2, 0) is 16.1 Å². The second kappa shape index (κ2) is 4.55. The maximum atomic E-state index is 12.9. The molecule has 0 fully saturated rings. The van der Waals surface area contributed by atoms with Gasteiger partial charge in [-0.1, -0.05) is 15.9 Å². The fourth-order valence-corrected chi connectivity index (χ4v) is 1.73. The number of aryl methyl sites for hydroxylation is 1. The predicted molar refractivity (Wildman–Crippen MR) is 54.3 cm³/mol. The minimum Gasteiger partial charge on any atom is -0.461 e. The van der Waals surface area contributed by atoms with Gasteiger partial charge in [0.05, 0.1) is 0 Å². The molecule has 0 unspecified atom stereocenters. The average molecular weight is 261 g/mol. The molecule has 0 saturated carbocycles. The van der Waals surface area contributed by atoms with Gasteiger partial charge in [-0.3, -0.25) is 4.79 Å². The van der Waals surface area contributed by atoms with Crippen LogP contribution in [-0.4, -0.2) is 5.97 Å². The Labute approximate surface area is 90.2 Å². The van der Waals surface area contributed by atoms with Crippen molar-refractivity contribution in [2.24, 2.45) is 0 Å². The zero-order valence-electron chi connectivity index (χ0n) is 7.93. The van der Waals surface area contributed by atoms with E-state index in [1.807, 2.05) is 0 Å². The van der Waals surface area contributed by atoms with Crippen molar-refractivity contribution in [2.75, 3.05) is 0 Å². The van der Waals surface area contributed by atoms with Crippen molar-refractivity contribution in [3.63, 3.8) is 0 Å². The fourth-order valence-electron chi connectivity index (χ4n) is 1.09. The van der Waals surface area contributed by atoms with E-state index in [0.29, 0.717) is 4.47 Å². The third-order valence-corrected chi connectivity index (χ3v) is 2.51. The second-order valence-corrected chi connectivity index (χ2v) is 3.82. The van der Waals surface area contributed by atoms with Crippen molar-refractivity contribution < 1.29 is 13.9 Å². The first-order chi connectivity index (χ1) is 6.50. The molecule has 0 N–H and O–H groups in total. The molecule has 0 aliphatic rings. The van der Waals surface area contributed by atoms with Gasteiger partial charge in [0.1, 0.15) is 12.4 Å². The first kappa shape index (κ1) is 11.2. The second-order valence-electron chi connectivity index (χ2n) is 2.96. The highest BCUT2D eigenvalue weighted by Gasteiger charge is 2.07. The molecule has 4 heteroatoms. The van der Waals surface area contributed by atoms with Crippen LogP contribution in [0.15, 0.2) is 16.6 Å². The van der Waals surface area contributed by atoms with E-state index >= 15 is 0 Å². The van der Waals surface area contributed by atoms with Gasteiger partial charge in [-0.25, -0.2) is 4.39 Å². The molecule has 0 amide bonds. The van der Waals surface area contributed by atoms with Crippen LogP contribution in [0, 0.1) is 12.7 Å². The highest BCUT2D eigenvalue weighted by atomic mass is 79.9. The molecule has 0 aliphatic heterocycles. The van der Waals surface area contributed by atoms with Crippen molar-refractivity contribution in [3.8, 4) is 0 Å². The molecule has 0 aliphatic carbocycles. The van der Waals surface area contributed by atoms with E-state index in [-0.39, 0.29) is 18.4 Å². The van der Waals surface area contributed by atoms with Crippen LogP contribution >= 0.6 is 15.9 Å². The van der Waals surface area contributed by atoms with Gasteiger partial charge in [0.25, 0.3) is 0 Å². The molecule has 1 aromatic carbocycles. The van der Waals surface area contributed by atoms with Crippen LogP contribution < -0.4 is 0 Å². The van der Waals surface area contributed by atoms with E-state index in [1.165, 1.54) is 19.1 Å². The summed E-state index contributed by atoms with van der Waals surface area (Å²) in [5, 5.41) is 0. The van der Waals surface area contributed by atoms with Crippen LogP contribution in [0.2, 0.25) is 0 Å². The molecule has 1 aromatic rings. The maximum Gasteiger partial charge on any atom is 0.302 e. The van der Waals surface area contributed by atoms with E-state index in [0.717, 1.165) is 11.1 Å². The summed E-state index contributed by atoms with van der Waals surface area (Å²) in [7, 11) is 0. The average Bonchev–Trinajstić information content (AvgIpc) is 2.01. The van der Waals surface area contributed by atoms with Gasteiger partial charge < -0.3 is 4.74 Å². The topological polar surface area (TPSA) is 26.3 Å². The van der Waals surface area contributed by atoms with Crippen molar-refractivity contribution in [3.05, 3.63) is 33.5 Å². The lowest BCUT2D eigenvalue weighted by molar-refractivity contribution is -0.142. The first-order valence-corrected chi connectivity index (χ1v) is 4.88. The first-order valence-electron chi connectivity index (χ1n) is 4.08. The summed E-state index contributed by atoms with van der Waals surface area (Å²) in [4.78, 5) is 10.6. The van der Waals surface area contributed by atoms with E-state index in [4.69, 9.17) is 4.74 Å². The quantitative estimate of drug-likeness (QED) is 0.765. The number of hydrogen-bond donors (Lipinski definition) is 0. The van der Waals surface area contributed by atoms with Gasteiger partial charge in [0, 0.05) is 17.0 Å². The summed E-state index contributed by atoms with van der Waals surface area (Å²) >= 11 is 3.22. The number of carbonyl (C=O) groups is 1. The molecular formula is C10H10BrFO2. The van der Waals surface area contributed by atoms with Gasteiger partial charge in [0.2, 0.25) is 0 Å². The number of esters is 1. The van der Waals surface area contributed by atoms with Crippen LogP contribution in [0.4, 0.5) is 4.39 Å². The van der Waals surface area contributed by atoms with Gasteiger partial charge in [-0.05, 0) is 24.6 Å². The van der Waals surface area contributed by atoms with Crippen molar-refractivity contribution in [1.82, 2.24) is 0 Å². The Balaban J connectivity index is 2.91. The van der Waals surface area contributed by atoms with Gasteiger partial charge in [0.15, 0.2) is 0 Å². The van der Waals surface area contributed by atoms with E-state index < -0.39 is 0 Å². The molecule has 14 heavy (non-hydrogen) atoms. The van der Waals surface area contributed by atoms with Crippen LogP contribution in [0.25, 0.3) is 0 Å². The minimum absolute atomic E-state index is 0.169. The maximum absolute atomic E-state index is 12.9. The predicted octanol–water partition coefficient (Wildman–Crippen LogP) is 2.96. The minimum atomic E-state index is -0.347. The molecule has 0 aromatic heterocycles.